The Labute approximate surface area is 126 Å². The normalized spacial score (nSPS) is 18.1. The van der Waals surface area contributed by atoms with E-state index in [9.17, 15) is 0 Å². The smallest absolute Gasteiger partial charge is 0.0804 e. The lowest BCUT2D eigenvalue weighted by molar-refractivity contribution is 0.800. The quantitative estimate of drug-likeness (QED) is 0.366. The summed E-state index contributed by atoms with van der Waals surface area (Å²) in [6.07, 6.45) is 5.58. The van der Waals surface area contributed by atoms with Gasteiger partial charge < -0.3 is 0 Å². The molecule has 0 aliphatic heterocycles. The summed E-state index contributed by atoms with van der Waals surface area (Å²) < 4.78 is 0.905. The predicted molar refractivity (Wildman–Crippen MR) is 81.7 cm³/mol. The number of rotatable bonds is 4. The molecule has 0 saturated carbocycles. The molecule has 0 aromatic carbocycles. The Bertz CT molecular complexity index is 289. The summed E-state index contributed by atoms with van der Waals surface area (Å²) in [7, 11) is 0. The van der Waals surface area contributed by atoms with Crippen molar-refractivity contribution < 1.29 is 0 Å². The van der Waals surface area contributed by atoms with Gasteiger partial charge >= 0.3 is 0 Å². The molecule has 0 unspecified atom stereocenters. The molecule has 0 spiro atoms. The van der Waals surface area contributed by atoms with Gasteiger partial charge in [0, 0.05) is 0 Å². The van der Waals surface area contributed by atoms with E-state index in [0.717, 1.165) is 8.96 Å². The number of allylic oxidation sites excluding steroid dienone is 4. The van der Waals surface area contributed by atoms with Crippen molar-refractivity contribution in [1.29, 1.82) is 0 Å². The number of alkyl halides is 2. The van der Waals surface area contributed by atoms with Gasteiger partial charge in [0.25, 0.3) is 0 Å². The molecule has 0 nitrogen and oxygen atoms in total. The molecule has 0 aromatic heterocycles. The van der Waals surface area contributed by atoms with E-state index < -0.39 is 4.87 Å². The highest BCUT2D eigenvalue weighted by atomic mass is 79.9. The van der Waals surface area contributed by atoms with Gasteiger partial charge in [0.1, 0.15) is 0 Å². The molecule has 15 heavy (non-hydrogen) atoms. The van der Waals surface area contributed by atoms with Crippen LogP contribution in [0.25, 0.3) is 0 Å². The van der Waals surface area contributed by atoms with Crippen LogP contribution in [0.2, 0.25) is 0 Å². The minimum atomic E-state index is -0.597. The van der Waals surface area contributed by atoms with Gasteiger partial charge in [0.15, 0.2) is 0 Å². The minimum absolute atomic E-state index is 0.276. The molecule has 0 N–H and O–H groups in total. The van der Waals surface area contributed by atoms with Gasteiger partial charge in [-0.1, -0.05) is 34.2 Å². The molecular weight excluding hydrogens is 431 g/mol. The van der Waals surface area contributed by atoms with Crippen molar-refractivity contribution in [2.24, 2.45) is 0 Å². The van der Waals surface area contributed by atoms with Crippen LogP contribution >= 0.6 is 71.0 Å². The van der Waals surface area contributed by atoms with E-state index in [1.807, 2.05) is 26.0 Å². The average Bonchev–Trinajstić information content (AvgIpc) is 2.13. The van der Waals surface area contributed by atoms with Crippen LogP contribution in [0.5, 0.6) is 0 Å². The topological polar surface area (TPSA) is 0 Å². The van der Waals surface area contributed by atoms with Gasteiger partial charge in [-0.3, -0.25) is 0 Å². The van der Waals surface area contributed by atoms with Gasteiger partial charge in [0.05, 0.1) is 13.6 Å². The van der Waals surface area contributed by atoms with Crippen molar-refractivity contribution in [1.82, 2.24) is 0 Å². The summed E-state index contributed by atoms with van der Waals surface area (Å²) in [5.41, 5.74) is 1.05. The third-order valence-electron chi connectivity index (χ3n) is 1.74. The maximum atomic E-state index is 6.21. The van der Waals surface area contributed by atoms with Gasteiger partial charge in [-0.2, -0.15) is 0 Å². The second kappa shape index (κ2) is 7.54. The molecule has 0 rings (SSSR count). The lowest BCUT2D eigenvalue weighted by Crippen LogP contribution is -2.24. The third-order valence-corrected chi connectivity index (χ3v) is 4.33. The van der Waals surface area contributed by atoms with Gasteiger partial charge in [-0.25, -0.2) is 0 Å². The summed E-state index contributed by atoms with van der Waals surface area (Å²) in [6, 6.07) is 0. The standard InChI is InChI=1S/C10H11Br3Cl2/c1-7(9(12)13)3-4-8(14)10(2,15)5-6-11/h3-6,8H,1-2H3/b4-3+,6-5+/t8-,10+/m0/s1. The van der Waals surface area contributed by atoms with Crippen LogP contribution in [0.15, 0.2) is 32.2 Å². The molecule has 0 fully saturated rings. The molecule has 5 heteroatoms. The maximum absolute atomic E-state index is 6.21. The molecule has 0 heterocycles. The molecule has 86 valence electrons. The van der Waals surface area contributed by atoms with Gasteiger partial charge in [-0.05, 0) is 56.3 Å². The van der Waals surface area contributed by atoms with Crippen molar-refractivity contribution >= 4 is 71.0 Å². The Balaban J connectivity index is 4.63. The highest BCUT2D eigenvalue weighted by molar-refractivity contribution is 9.28. The highest BCUT2D eigenvalue weighted by Crippen LogP contribution is 2.28. The highest BCUT2D eigenvalue weighted by Gasteiger charge is 2.25. The first-order valence-corrected chi connectivity index (χ1v) is 7.44. The van der Waals surface area contributed by atoms with E-state index in [0.29, 0.717) is 0 Å². The fraction of sp³-hybridized carbons (Fsp3) is 0.400. The summed E-state index contributed by atoms with van der Waals surface area (Å²) in [5, 5.41) is -0.276. The number of hydrogen-bond acceptors (Lipinski definition) is 0. The van der Waals surface area contributed by atoms with E-state index in [2.05, 4.69) is 47.8 Å². The van der Waals surface area contributed by atoms with Crippen LogP contribution < -0.4 is 0 Å². The average molecular weight is 442 g/mol. The van der Waals surface area contributed by atoms with E-state index >= 15 is 0 Å². The molecule has 0 aliphatic rings. The molecule has 0 amide bonds. The second-order valence-electron chi connectivity index (χ2n) is 3.15. The number of hydrogen-bond donors (Lipinski definition) is 0. The molecule has 0 radical (unpaired) electrons. The van der Waals surface area contributed by atoms with Crippen LogP contribution in [0.4, 0.5) is 0 Å². The monoisotopic (exact) mass is 438 g/mol. The third kappa shape index (κ3) is 6.52. The number of halogens is 5. The fourth-order valence-corrected chi connectivity index (χ4v) is 1.94. The lowest BCUT2D eigenvalue weighted by Gasteiger charge is -2.20. The van der Waals surface area contributed by atoms with Crippen LogP contribution in [0, 0.1) is 0 Å². The SMILES string of the molecule is CC(/C=C/[C@H](Cl)[C@](C)(Cl)/C=C/Br)=C(Br)Br. The Morgan fingerprint density at radius 3 is 2.33 bits per heavy atom. The van der Waals surface area contributed by atoms with E-state index in [-0.39, 0.29) is 5.38 Å². The van der Waals surface area contributed by atoms with E-state index in [4.69, 9.17) is 23.2 Å². The van der Waals surface area contributed by atoms with Crippen LogP contribution in [0.1, 0.15) is 13.8 Å². The molecule has 0 bridgehead atoms. The second-order valence-corrected chi connectivity index (χ2v) is 7.61. The van der Waals surface area contributed by atoms with Crippen LogP contribution in [-0.2, 0) is 0 Å². The Morgan fingerprint density at radius 1 is 1.40 bits per heavy atom. The van der Waals surface area contributed by atoms with E-state index in [1.165, 1.54) is 0 Å². The first-order valence-electron chi connectivity index (χ1n) is 4.12. The zero-order valence-electron chi connectivity index (χ0n) is 8.28. The Kier molecular flexibility index (Phi) is 8.17. The molecule has 2 atom stereocenters. The maximum Gasteiger partial charge on any atom is 0.0804 e. The van der Waals surface area contributed by atoms with Crippen molar-refractivity contribution in [3.8, 4) is 0 Å². The van der Waals surface area contributed by atoms with Crippen LogP contribution in [-0.4, -0.2) is 10.3 Å². The van der Waals surface area contributed by atoms with Gasteiger partial charge in [0.2, 0.25) is 0 Å². The largest absolute Gasteiger partial charge is 0.116 e. The fourth-order valence-electron chi connectivity index (χ4n) is 0.695. The zero-order chi connectivity index (χ0) is 12.1. The Morgan fingerprint density at radius 2 is 1.93 bits per heavy atom. The first kappa shape index (κ1) is 16.2. The molecule has 0 aliphatic carbocycles. The minimum Gasteiger partial charge on any atom is -0.116 e. The summed E-state index contributed by atoms with van der Waals surface area (Å²) in [4.78, 5) is 1.12. The van der Waals surface area contributed by atoms with Crippen LogP contribution in [0.3, 0.4) is 0 Å². The first-order chi connectivity index (χ1) is 6.81. The van der Waals surface area contributed by atoms with E-state index in [1.54, 1.807) is 11.1 Å². The lowest BCUT2D eigenvalue weighted by atomic mass is 10.1. The summed E-state index contributed by atoms with van der Waals surface area (Å²) >= 11 is 22.2. The Hall–Kier alpha value is 1.24. The van der Waals surface area contributed by atoms with Crippen molar-refractivity contribution in [2.75, 3.05) is 0 Å². The predicted octanol–water partition coefficient (Wildman–Crippen LogP) is 6.08. The van der Waals surface area contributed by atoms with Crippen molar-refractivity contribution in [3.05, 3.63) is 32.2 Å². The van der Waals surface area contributed by atoms with Gasteiger partial charge in [-0.15, -0.1) is 23.2 Å². The van der Waals surface area contributed by atoms with Crippen molar-refractivity contribution in [3.63, 3.8) is 0 Å². The molecule has 0 saturated heterocycles. The van der Waals surface area contributed by atoms with Crippen molar-refractivity contribution in [2.45, 2.75) is 24.1 Å². The molecular formula is C10H11Br3Cl2. The summed E-state index contributed by atoms with van der Waals surface area (Å²) in [6.45, 7) is 3.82. The summed E-state index contributed by atoms with van der Waals surface area (Å²) in [5.74, 6) is 0. The molecule has 0 aromatic rings. The zero-order valence-corrected chi connectivity index (χ0v) is 14.5.